The van der Waals surface area contributed by atoms with Gasteiger partial charge in [0.25, 0.3) is 0 Å². The van der Waals surface area contributed by atoms with E-state index < -0.39 is 0 Å². The van der Waals surface area contributed by atoms with Crippen molar-refractivity contribution in [2.75, 3.05) is 31.6 Å². The predicted octanol–water partition coefficient (Wildman–Crippen LogP) is 4.07. The van der Waals surface area contributed by atoms with Gasteiger partial charge in [0, 0.05) is 31.6 Å². The van der Waals surface area contributed by atoms with E-state index in [0.29, 0.717) is 26.3 Å². The van der Waals surface area contributed by atoms with Crippen LogP contribution in [-0.4, -0.2) is 42.9 Å². The molecule has 0 unspecified atom stereocenters. The van der Waals surface area contributed by atoms with E-state index >= 15 is 0 Å². The molecule has 0 bridgehead atoms. The molecular formula is C21H25N3O3. The highest BCUT2D eigenvalue weighted by atomic mass is 16.6. The largest absolute Gasteiger partial charge is 0.490 e. The molecule has 27 heavy (non-hydrogen) atoms. The lowest BCUT2D eigenvalue weighted by Gasteiger charge is -2.27. The van der Waals surface area contributed by atoms with Crippen molar-refractivity contribution in [2.45, 2.75) is 19.8 Å². The third-order valence-corrected chi connectivity index (χ3v) is 4.31. The summed E-state index contributed by atoms with van der Waals surface area (Å²) >= 11 is 0. The highest BCUT2D eigenvalue weighted by Crippen LogP contribution is 2.13. The third-order valence-electron chi connectivity index (χ3n) is 4.31. The van der Waals surface area contributed by atoms with Crippen LogP contribution in [0.2, 0.25) is 0 Å². The normalized spacial score (nSPS) is 13.8. The molecule has 6 heteroatoms. The van der Waals surface area contributed by atoms with Crippen LogP contribution in [0, 0.1) is 6.92 Å². The second kappa shape index (κ2) is 9.62. The summed E-state index contributed by atoms with van der Waals surface area (Å²) in [5, 5.41) is 7.09. The Hall–Kier alpha value is -3.02. The van der Waals surface area contributed by atoms with Crippen LogP contribution >= 0.6 is 0 Å². The van der Waals surface area contributed by atoms with Gasteiger partial charge in [-0.25, -0.2) is 4.79 Å². The zero-order valence-corrected chi connectivity index (χ0v) is 15.6. The Morgan fingerprint density at radius 3 is 2.44 bits per heavy atom. The minimum atomic E-state index is -0.0762. The third kappa shape index (κ3) is 6.02. The number of rotatable bonds is 6. The maximum absolute atomic E-state index is 12.3. The quantitative estimate of drug-likeness (QED) is 0.618. The van der Waals surface area contributed by atoms with Crippen molar-refractivity contribution >= 4 is 17.4 Å². The van der Waals surface area contributed by atoms with Gasteiger partial charge in [-0.1, -0.05) is 41.1 Å². The summed E-state index contributed by atoms with van der Waals surface area (Å²) in [7, 11) is 0. The van der Waals surface area contributed by atoms with Gasteiger partial charge in [-0.15, -0.1) is 0 Å². The number of ether oxygens (including phenoxy) is 1. The predicted molar refractivity (Wildman–Crippen MR) is 106 cm³/mol. The second-order valence-electron chi connectivity index (χ2n) is 6.44. The number of hydrogen-bond acceptors (Lipinski definition) is 4. The standard InChI is InChI=1S/C21H25N3O3/c1-17-7-9-20(10-8-17)26-15-16-27-23-19-11-13-24(14-12-19)21(25)22-18-5-3-2-4-6-18/h2-10H,11-16H2,1H3,(H,22,25). The summed E-state index contributed by atoms with van der Waals surface area (Å²) in [5.41, 5.74) is 2.99. The van der Waals surface area contributed by atoms with Crippen LogP contribution < -0.4 is 10.1 Å². The Kier molecular flexibility index (Phi) is 6.68. The van der Waals surface area contributed by atoms with E-state index in [1.807, 2.05) is 61.5 Å². The van der Waals surface area contributed by atoms with Gasteiger partial charge in [0.1, 0.15) is 12.4 Å². The van der Waals surface area contributed by atoms with Crippen molar-refractivity contribution in [1.82, 2.24) is 4.90 Å². The number of benzene rings is 2. The Balaban J connectivity index is 1.33. The first-order valence-electron chi connectivity index (χ1n) is 9.19. The number of nitrogens with zero attached hydrogens (tertiary/aromatic N) is 2. The van der Waals surface area contributed by atoms with Crippen LogP contribution in [0.4, 0.5) is 10.5 Å². The molecule has 0 atom stereocenters. The summed E-state index contributed by atoms with van der Waals surface area (Å²) in [6, 6.07) is 17.3. The maximum Gasteiger partial charge on any atom is 0.321 e. The highest BCUT2D eigenvalue weighted by molar-refractivity contribution is 5.92. The van der Waals surface area contributed by atoms with E-state index in [2.05, 4.69) is 10.5 Å². The maximum atomic E-state index is 12.3. The molecule has 0 radical (unpaired) electrons. The minimum absolute atomic E-state index is 0.0762. The molecule has 0 spiro atoms. The highest BCUT2D eigenvalue weighted by Gasteiger charge is 2.20. The zero-order valence-electron chi connectivity index (χ0n) is 15.6. The monoisotopic (exact) mass is 367 g/mol. The van der Waals surface area contributed by atoms with Crippen molar-refractivity contribution in [1.29, 1.82) is 0 Å². The van der Waals surface area contributed by atoms with Crippen molar-refractivity contribution in [3.63, 3.8) is 0 Å². The molecule has 1 heterocycles. The molecule has 3 rings (SSSR count). The lowest BCUT2D eigenvalue weighted by atomic mass is 10.1. The Labute approximate surface area is 159 Å². The average molecular weight is 367 g/mol. The van der Waals surface area contributed by atoms with Gasteiger partial charge >= 0.3 is 6.03 Å². The summed E-state index contributed by atoms with van der Waals surface area (Å²) in [4.78, 5) is 19.4. The number of urea groups is 1. The van der Waals surface area contributed by atoms with Crippen LogP contribution in [0.1, 0.15) is 18.4 Å². The van der Waals surface area contributed by atoms with Gasteiger partial charge in [-0.2, -0.15) is 0 Å². The number of carbonyl (C=O) groups excluding carboxylic acids is 1. The number of amides is 2. The molecule has 1 N–H and O–H groups in total. The van der Waals surface area contributed by atoms with Crippen molar-refractivity contribution in [3.05, 3.63) is 60.2 Å². The molecule has 0 saturated carbocycles. The van der Waals surface area contributed by atoms with E-state index in [1.165, 1.54) is 5.56 Å². The number of likely N-dealkylation sites (tertiary alicyclic amines) is 1. The molecule has 0 aromatic heterocycles. The lowest BCUT2D eigenvalue weighted by Crippen LogP contribution is -2.41. The van der Waals surface area contributed by atoms with E-state index in [-0.39, 0.29) is 6.03 Å². The molecule has 0 aliphatic carbocycles. The van der Waals surface area contributed by atoms with Gasteiger partial charge in [-0.3, -0.25) is 0 Å². The Bertz CT molecular complexity index is 750. The summed E-state index contributed by atoms with van der Waals surface area (Å²) in [6.07, 6.45) is 1.45. The van der Waals surface area contributed by atoms with Crippen LogP contribution in [0.5, 0.6) is 5.75 Å². The fraction of sp³-hybridized carbons (Fsp3) is 0.333. The first kappa shape index (κ1) is 18.8. The molecule has 1 fully saturated rings. The Morgan fingerprint density at radius 2 is 1.74 bits per heavy atom. The van der Waals surface area contributed by atoms with Crippen LogP contribution in [0.15, 0.2) is 59.8 Å². The van der Waals surface area contributed by atoms with Crippen molar-refractivity contribution in [3.8, 4) is 5.75 Å². The lowest BCUT2D eigenvalue weighted by molar-refractivity contribution is 0.105. The first-order chi connectivity index (χ1) is 13.2. The molecular weight excluding hydrogens is 342 g/mol. The molecule has 2 aromatic rings. The molecule has 2 amide bonds. The fourth-order valence-corrected chi connectivity index (χ4v) is 2.75. The number of para-hydroxylation sites is 1. The second-order valence-corrected chi connectivity index (χ2v) is 6.44. The van der Waals surface area contributed by atoms with E-state index in [4.69, 9.17) is 9.57 Å². The first-order valence-corrected chi connectivity index (χ1v) is 9.19. The molecule has 1 aliphatic heterocycles. The van der Waals surface area contributed by atoms with Gasteiger partial charge in [-0.05, 0) is 31.2 Å². The summed E-state index contributed by atoms with van der Waals surface area (Å²) in [5.74, 6) is 0.828. The van der Waals surface area contributed by atoms with Crippen molar-refractivity contribution in [2.24, 2.45) is 5.16 Å². The summed E-state index contributed by atoms with van der Waals surface area (Å²) in [6.45, 7) is 4.17. The molecule has 142 valence electrons. The smallest absolute Gasteiger partial charge is 0.321 e. The summed E-state index contributed by atoms with van der Waals surface area (Å²) < 4.78 is 5.60. The Morgan fingerprint density at radius 1 is 1.04 bits per heavy atom. The molecule has 1 saturated heterocycles. The number of oxime groups is 1. The van der Waals surface area contributed by atoms with E-state index in [9.17, 15) is 4.79 Å². The number of aryl methyl sites for hydroxylation is 1. The number of piperidine rings is 1. The van der Waals surface area contributed by atoms with Crippen LogP contribution in [0.3, 0.4) is 0 Å². The average Bonchev–Trinajstić information content (AvgIpc) is 2.70. The topological polar surface area (TPSA) is 63.2 Å². The van der Waals surface area contributed by atoms with Gasteiger partial charge in [0.05, 0.1) is 5.71 Å². The van der Waals surface area contributed by atoms with Gasteiger partial charge < -0.3 is 19.8 Å². The van der Waals surface area contributed by atoms with E-state index in [0.717, 1.165) is 30.0 Å². The van der Waals surface area contributed by atoms with Crippen molar-refractivity contribution < 1.29 is 14.4 Å². The van der Waals surface area contributed by atoms with E-state index in [1.54, 1.807) is 4.90 Å². The SMILES string of the molecule is Cc1ccc(OCCON=C2CCN(C(=O)Nc3ccccc3)CC2)cc1. The van der Waals surface area contributed by atoms with Crippen LogP contribution in [-0.2, 0) is 4.84 Å². The van der Waals surface area contributed by atoms with Gasteiger partial charge in [0.2, 0.25) is 0 Å². The number of carbonyl (C=O) groups is 1. The molecule has 1 aliphatic rings. The molecule has 2 aromatic carbocycles. The number of nitrogens with one attached hydrogen (secondary N) is 1. The zero-order chi connectivity index (χ0) is 18.9. The number of hydrogen-bond donors (Lipinski definition) is 1. The fourth-order valence-electron chi connectivity index (χ4n) is 2.75. The van der Waals surface area contributed by atoms with Crippen LogP contribution in [0.25, 0.3) is 0 Å². The molecule has 6 nitrogen and oxygen atoms in total. The minimum Gasteiger partial charge on any atom is -0.490 e. The number of anilines is 1. The van der Waals surface area contributed by atoms with Gasteiger partial charge in [0.15, 0.2) is 6.61 Å².